The Morgan fingerprint density at radius 3 is 2.32 bits per heavy atom. The van der Waals surface area contributed by atoms with Gasteiger partial charge in [-0.2, -0.15) is 0 Å². The Morgan fingerprint density at radius 2 is 1.79 bits per heavy atom. The van der Waals surface area contributed by atoms with Crippen molar-refractivity contribution >= 4 is 23.4 Å². The highest BCUT2D eigenvalue weighted by Crippen LogP contribution is 2.42. The number of methoxy groups -OCH3 is 1. The predicted molar refractivity (Wildman–Crippen MR) is 116 cm³/mol. The summed E-state index contributed by atoms with van der Waals surface area (Å²) in [4.78, 5) is 10.6. The van der Waals surface area contributed by atoms with Crippen LogP contribution in [-0.2, 0) is 10.2 Å². The summed E-state index contributed by atoms with van der Waals surface area (Å²) in [5, 5.41) is 12.2. The second-order valence-corrected chi connectivity index (χ2v) is 6.81. The van der Waals surface area contributed by atoms with Gasteiger partial charge in [-0.25, -0.2) is 4.79 Å². The molecule has 4 nitrogen and oxygen atoms in total. The quantitative estimate of drug-likeness (QED) is 0.383. The van der Waals surface area contributed by atoms with E-state index in [-0.39, 0.29) is 5.41 Å². The van der Waals surface area contributed by atoms with Crippen molar-refractivity contribution in [2.24, 2.45) is 0 Å². The summed E-state index contributed by atoms with van der Waals surface area (Å²) in [5.41, 5.74) is 3.94. The van der Waals surface area contributed by atoms with Gasteiger partial charge < -0.3 is 15.2 Å². The topological polar surface area (TPSA) is 58.6 Å². The van der Waals surface area contributed by atoms with Crippen LogP contribution in [0.1, 0.15) is 44.2 Å². The molecule has 2 aromatic carbocycles. The van der Waals surface area contributed by atoms with Gasteiger partial charge in [0.1, 0.15) is 5.75 Å². The summed E-state index contributed by atoms with van der Waals surface area (Å²) < 4.78 is 5.65. The third kappa shape index (κ3) is 5.03. The van der Waals surface area contributed by atoms with Crippen molar-refractivity contribution in [2.45, 2.75) is 38.5 Å². The number of allylic oxidation sites excluding steroid dienone is 1. The van der Waals surface area contributed by atoms with Gasteiger partial charge in [0.15, 0.2) is 0 Å². The number of anilines is 2. The maximum Gasteiger partial charge on any atom is 0.328 e. The van der Waals surface area contributed by atoms with Crippen LogP contribution in [0, 0.1) is 0 Å². The number of carboxylic acids is 1. The summed E-state index contributed by atoms with van der Waals surface area (Å²) in [6, 6.07) is 13.8. The lowest BCUT2D eigenvalue weighted by molar-refractivity contribution is -0.131. The molecule has 2 rings (SSSR count). The van der Waals surface area contributed by atoms with E-state index in [9.17, 15) is 4.79 Å². The monoisotopic (exact) mass is 379 g/mol. The van der Waals surface area contributed by atoms with Crippen molar-refractivity contribution in [3.05, 3.63) is 72.3 Å². The second kappa shape index (κ2) is 9.79. The average Bonchev–Trinajstić information content (AvgIpc) is 2.71. The first-order chi connectivity index (χ1) is 13.5. The second-order valence-electron chi connectivity index (χ2n) is 6.81. The summed E-state index contributed by atoms with van der Waals surface area (Å²) in [6.07, 6.45) is 7.58. The number of aliphatic carboxylic acids is 1. The fourth-order valence-electron chi connectivity index (χ4n) is 3.52. The Labute approximate surface area is 167 Å². The molecule has 4 heteroatoms. The minimum atomic E-state index is -0.956. The van der Waals surface area contributed by atoms with E-state index in [4.69, 9.17) is 9.84 Å². The molecule has 0 saturated carbocycles. The van der Waals surface area contributed by atoms with Gasteiger partial charge in [-0.3, -0.25) is 0 Å². The standard InChI is InChI=1S/C24H29NO3/c1-5-16-24(6-2,7-3)21-17-20(13-14-22(21)28-4)25-19-11-8-18(9-12-19)10-15-23(26)27/h5,8-15,17,25H,1,6-7,16H2,2-4H3,(H,26,27)/b15-10+. The number of nitrogens with one attached hydrogen (secondary N) is 1. The molecule has 0 saturated heterocycles. The van der Waals surface area contributed by atoms with Gasteiger partial charge in [0.05, 0.1) is 7.11 Å². The van der Waals surface area contributed by atoms with Gasteiger partial charge in [-0.15, -0.1) is 6.58 Å². The normalized spacial score (nSPS) is 11.4. The maximum atomic E-state index is 10.6. The van der Waals surface area contributed by atoms with Crippen molar-refractivity contribution in [2.75, 3.05) is 12.4 Å². The first kappa shape index (κ1) is 21.3. The molecular formula is C24H29NO3. The molecule has 0 aliphatic carbocycles. The number of benzene rings is 2. The third-order valence-electron chi connectivity index (χ3n) is 5.28. The molecular weight excluding hydrogens is 350 g/mol. The van der Waals surface area contributed by atoms with E-state index in [0.717, 1.165) is 48.0 Å². The van der Waals surface area contributed by atoms with Gasteiger partial charge in [-0.1, -0.05) is 32.1 Å². The highest BCUT2D eigenvalue weighted by Gasteiger charge is 2.30. The van der Waals surface area contributed by atoms with Crippen LogP contribution in [0.3, 0.4) is 0 Å². The van der Waals surface area contributed by atoms with E-state index >= 15 is 0 Å². The summed E-state index contributed by atoms with van der Waals surface area (Å²) in [5.74, 6) is -0.0620. The molecule has 0 spiro atoms. The van der Waals surface area contributed by atoms with E-state index in [1.54, 1.807) is 13.2 Å². The first-order valence-corrected chi connectivity index (χ1v) is 9.55. The molecule has 0 radical (unpaired) electrons. The molecule has 0 aliphatic heterocycles. The Bertz CT molecular complexity index is 833. The lowest BCUT2D eigenvalue weighted by Gasteiger charge is -2.33. The van der Waals surface area contributed by atoms with Gasteiger partial charge >= 0.3 is 5.97 Å². The van der Waals surface area contributed by atoms with Crippen LogP contribution >= 0.6 is 0 Å². The van der Waals surface area contributed by atoms with Gasteiger partial charge in [0, 0.05) is 28.4 Å². The van der Waals surface area contributed by atoms with Crippen molar-refractivity contribution in [1.29, 1.82) is 0 Å². The molecule has 0 fully saturated rings. The SMILES string of the molecule is C=CCC(CC)(CC)c1cc(Nc2ccc(/C=C/C(=O)O)cc2)ccc1OC. The Morgan fingerprint density at radius 1 is 1.14 bits per heavy atom. The molecule has 0 unspecified atom stereocenters. The van der Waals surface area contributed by atoms with Crippen LogP contribution < -0.4 is 10.1 Å². The van der Waals surface area contributed by atoms with Crippen LogP contribution in [-0.4, -0.2) is 18.2 Å². The van der Waals surface area contributed by atoms with Crippen LogP contribution in [0.4, 0.5) is 11.4 Å². The van der Waals surface area contributed by atoms with Gasteiger partial charge in [0.2, 0.25) is 0 Å². The molecule has 0 bridgehead atoms. The van der Waals surface area contributed by atoms with Crippen LogP contribution in [0.5, 0.6) is 5.75 Å². The number of rotatable bonds is 10. The van der Waals surface area contributed by atoms with Crippen molar-refractivity contribution in [1.82, 2.24) is 0 Å². The Balaban J connectivity index is 2.32. The van der Waals surface area contributed by atoms with Gasteiger partial charge in [-0.05, 0) is 61.2 Å². The van der Waals surface area contributed by atoms with E-state index < -0.39 is 5.97 Å². The van der Waals surface area contributed by atoms with E-state index in [1.165, 1.54) is 5.56 Å². The molecule has 0 amide bonds. The molecule has 2 N–H and O–H groups in total. The summed E-state index contributed by atoms with van der Waals surface area (Å²) >= 11 is 0. The number of hydrogen-bond acceptors (Lipinski definition) is 3. The Hall–Kier alpha value is -3.01. The van der Waals surface area contributed by atoms with Gasteiger partial charge in [0.25, 0.3) is 0 Å². The first-order valence-electron chi connectivity index (χ1n) is 9.55. The summed E-state index contributed by atoms with van der Waals surface area (Å²) in [6.45, 7) is 8.36. The predicted octanol–water partition coefficient (Wildman–Crippen LogP) is 6.17. The number of hydrogen-bond donors (Lipinski definition) is 2. The van der Waals surface area contributed by atoms with E-state index in [2.05, 4.69) is 31.8 Å². The molecule has 28 heavy (non-hydrogen) atoms. The van der Waals surface area contributed by atoms with Crippen molar-refractivity contribution < 1.29 is 14.6 Å². The van der Waals surface area contributed by atoms with Crippen molar-refractivity contribution in [3.63, 3.8) is 0 Å². The zero-order valence-electron chi connectivity index (χ0n) is 16.9. The Kier molecular flexibility index (Phi) is 7.44. The van der Waals surface area contributed by atoms with E-state index in [0.29, 0.717) is 0 Å². The van der Waals surface area contributed by atoms with E-state index in [1.807, 2.05) is 42.5 Å². The fourth-order valence-corrected chi connectivity index (χ4v) is 3.52. The number of ether oxygens (including phenoxy) is 1. The smallest absolute Gasteiger partial charge is 0.328 e. The lowest BCUT2D eigenvalue weighted by atomic mass is 9.73. The summed E-state index contributed by atoms with van der Waals surface area (Å²) in [7, 11) is 1.71. The zero-order valence-corrected chi connectivity index (χ0v) is 16.9. The molecule has 0 aliphatic rings. The number of carbonyl (C=O) groups is 1. The van der Waals surface area contributed by atoms with Crippen LogP contribution in [0.25, 0.3) is 6.08 Å². The molecule has 2 aromatic rings. The van der Waals surface area contributed by atoms with Crippen molar-refractivity contribution in [3.8, 4) is 5.75 Å². The molecule has 148 valence electrons. The zero-order chi connectivity index (χ0) is 20.6. The number of carboxylic acid groups (broad SMARTS) is 1. The molecule has 0 heterocycles. The highest BCUT2D eigenvalue weighted by molar-refractivity contribution is 5.85. The maximum absolute atomic E-state index is 10.6. The van der Waals surface area contributed by atoms with Crippen LogP contribution in [0.2, 0.25) is 0 Å². The highest BCUT2D eigenvalue weighted by atomic mass is 16.5. The minimum Gasteiger partial charge on any atom is -0.496 e. The lowest BCUT2D eigenvalue weighted by Crippen LogP contribution is -2.24. The average molecular weight is 380 g/mol. The molecule has 0 atom stereocenters. The molecule has 0 aromatic heterocycles. The fraction of sp³-hybridized carbons (Fsp3) is 0.292. The third-order valence-corrected chi connectivity index (χ3v) is 5.28. The minimum absolute atomic E-state index is 0.00370. The van der Waals surface area contributed by atoms with Crippen LogP contribution in [0.15, 0.2) is 61.2 Å². The largest absolute Gasteiger partial charge is 0.496 e.